The number of anilines is 1. The van der Waals surface area contributed by atoms with E-state index in [4.69, 9.17) is 7.85 Å². The highest BCUT2D eigenvalue weighted by Gasteiger charge is 2.07. The Bertz CT molecular complexity index is 331. The predicted molar refractivity (Wildman–Crippen MR) is 46.0 cm³/mol. The molecule has 5 heteroatoms. The van der Waals surface area contributed by atoms with Gasteiger partial charge in [0.1, 0.15) is 7.85 Å². The van der Waals surface area contributed by atoms with E-state index in [-0.39, 0.29) is 17.1 Å². The Kier molecular flexibility index (Phi) is 2.65. The van der Waals surface area contributed by atoms with Gasteiger partial charge in [0.05, 0.1) is 0 Å². The van der Waals surface area contributed by atoms with E-state index < -0.39 is 11.6 Å². The Morgan fingerprint density at radius 1 is 1.46 bits per heavy atom. The van der Waals surface area contributed by atoms with E-state index in [0.717, 1.165) is 12.1 Å². The number of hydrogen-bond donors (Lipinski definition) is 1. The van der Waals surface area contributed by atoms with Crippen molar-refractivity contribution in [3.8, 4) is 0 Å². The molecule has 2 nitrogen and oxygen atoms in total. The summed E-state index contributed by atoms with van der Waals surface area (Å²) < 4.78 is 25.3. The second-order valence-electron chi connectivity index (χ2n) is 2.54. The minimum absolute atomic E-state index is 0.143. The van der Waals surface area contributed by atoms with Crippen LogP contribution in [0.1, 0.15) is 6.92 Å². The molecule has 0 aliphatic heterocycles. The molecule has 1 aromatic rings. The molecule has 2 radical (unpaired) electrons. The molecule has 13 heavy (non-hydrogen) atoms. The van der Waals surface area contributed by atoms with E-state index in [1.54, 1.807) is 0 Å². The first-order valence-corrected chi connectivity index (χ1v) is 3.53. The van der Waals surface area contributed by atoms with Crippen molar-refractivity contribution in [3.05, 3.63) is 23.8 Å². The highest BCUT2D eigenvalue weighted by Crippen LogP contribution is 2.10. The Morgan fingerprint density at radius 3 is 2.54 bits per heavy atom. The lowest BCUT2D eigenvalue weighted by atomic mass is 9.95. The molecule has 1 rings (SSSR count). The van der Waals surface area contributed by atoms with E-state index in [2.05, 4.69) is 5.32 Å². The van der Waals surface area contributed by atoms with Crippen molar-refractivity contribution in [1.29, 1.82) is 0 Å². The maximum Gasteiger partial charge on any atom is 0.221 e. The molecule has 0 unspecified atom stereocenters. The molecule has 0 saturated carbocycles. The SMILES string of the molecule is [B]c1cc(NC(C)=O)cc(F)c1F. The minimum Gasteiger partial charge on any atom is -0.326 e. The van der Waals surface area contributed by atoms with E-state index in [9.17, 15) is 13.6 Å². The van der Waals surface area contributed by atoms with Crippen LogP contribution in [0.25, 0.3) is 0 Å². The van der Waals surface area contributed by atoms with Crippen LogP contribution in [0.4, 0.5) is 14.5 Å². The van der Waals surface area contributed by atoms with Crippen LogP contribution in [0.15, 0.2) is 12.1 Å². The average Bonchev–Trinajstić information content (AvgIpc) is 1.98. The second kappa shape index (κ2) is 3.55. The van der Waals surface area contributed by atoms with Gasteiger partial charge >= 0.3 is 0 Å². The lowest BCUT2D eigenvalue weighted by Crippen LogP contribution is -2.14. The number of benzene rings is 1. The first kappa shape index (κ1) is 9.70. The summed E-state index contributed by atoms with van der Waals surface area (Å²) in [5, 5.41) is 2.29. The predicted octanol–water partition coefficient (Wildman–Crippen LogP) is 0.717. The molecular formula is C8H6BF2NO. The van der Waals surface area contributed by atoms with Crippen LogP contribution in [-0.4, -0.2) is 13.8 Å². The van der Waals surface area contributed by atoms with Gasteiger partial charge in [-0.25, -0.2) is 8.78 Å². The van der Waals surface area contributed by atoms with Crippen molar-refractivity contribution >= 4 is 24.9 Å². The van der Waals surface area contributed by atoms with Gasteiger partial charge in [-0.05, 0) is 6.07 Å². The van der Waals surface area contributed by atoms with Crippen molar-refractivity contribution in [2.75, 3.05) is 5.32 Å². The number of amides is 1. The number of hydrogen-bond acceptors (Lipinski definition) is 1. The van der Waals surface area contributed by atoms with E-state index in [1.807, 2.05) is 0 Å². The molecule has 1 N–H and O–H groups in total. The zero-order valence-corrected chi connectivity index (χ0v) is 6.90. The second-order valence-corrected chi connectivity index (χ2v) is 2.54. The lowest BCUT2D eigenvalue weighted by molar-refractivity contribution is -0.114. The van der Waals surface area contributed by atoms with Gasteiger partial charge in [0.25, 0.3) is 0 Å². The van der Waals surface area contributed by atoms with Crippen LogP contribution >= 0.6 is 0 Å². The van der Waals surface area contributed by atoms with Crippen LogP contribution in [0.5, 0.6) is 0 Å². The summed E-state index contributed by atoms with van der Waals surface area (Å²) in [4.78, 5) is 10.6. The highest BCUT2D eigenvalue weighted by molar-refractivity contribution is 6.32. The summed E-state index contributed by atoms with van der Waals surface area (Å²) in [6.07, 6.45) is 0. The summed E-state index contributed by atoms with van der Waals surface area (Å²) in [5.41, 5.74) is -0.187. The number of nitrogens with one attached hydrogen (secondary N) is 1. The van der Waals surface area contributed by atoms with Crippen molar-refractivity contribution in [3.63, 3.8) is 0 Å². The summed E-state index contributed by atoms with van der Waals surface area (Å²) in [6.45, 7) is 1.26. The third kappa shape index (κ3) is 2.27. The van der Waals surface area contributed by atoms with E-state index in [1.165, 1.54) is 6.92 Å². The van der Waals surface area contributed by atoms with Gasteiger partial charge in [-0.3, -0.25) is 4.79 Å². The lowest BCUT2D eigenvalue weighted by Gasteiger charge is -2.04. The van der Waals surface area contributed by atoms with Crippen molar-refractivity contribution in [2.24, 2.45) is 0 Å². The van der Waals surface area contributed by atoms with Crippen molar-refractivity contribution in [2.45, 2.75) is 6.92 Å². The molecule has 0 aliphatic carbocycles. The van der Waals surface area contributed by atoms with Gasteiger partial charge in [0.15, 0.2) is 11.6 Å². The zero-order valence-electron chi connectivity index (χ0n) is 6.90. The molecule has 0 fully saturated rings. The monoisotopic (exact) mass is 181 g/mol. The molecule has 1 amide bonds. The molecule has 0 heterocycles. The maximum absolute atomic E-state index is 12.7. The topological polar surface area (TPSA) is 29.1 Å². The van der Waals surface area contributed by atoms with Crippen molar-refractivity contribution < 1.29 is 13.6 Å². The number of carbonyl (C=O) groups excluding carboxylic acids is 1. The van der Waals surface area contributed by atoms with E-state index >= 15 is 0 Å². The zero-order chi connectivity index (χ0) is 10.0. The Morgan fingerprint density at radius 2 is 2.08 bits per heavy atom. The number of rotatable bonds is 1. The van der Waals surface area contributed by atoms with Gasteiger partial charge < -0.3 is 5.32 Å². The van der Waals surface area contributed by atoms with Crippen LogP contribution in [-0.2, 0) is 4.79 Å². The molecular weight excluding hydrogens is 175 g/mol. The molecule has 0 aliphatic rings. The summed E-state index contributed by atoms with van der Waals surface area (Å²) in [5.74, 6) is -2.55. The Hall–Kier alpha value is -1.39. The first-order chi connectivity index (χ1) is 6.00. The molecule has 0 atom stereocenters. The third-order valence-corrected chi connectivity index (χ3v) is 1.38. The fourth-order valence-corrected chi connectivity index (χ4v) is 0.886. The fraction of sp³-hybridized carbons (Fsp3) is 0.125. The minimum atomic E-state index is -1.10. The number of halogens is 2. The van der Waals surface area contributed by atoms with Gasteiger partial charge in [-0.1, -0.05) is 5.46 Å². The van der Waals surface area contributed by atoms with Crippen LogP contribution in [0.3, 0.4) is 0 Å². The summed E-state index contributed by atoms with van der Waals surface area (Å²) in [6, 6.07) is 2.02. The number of carbonyl (C=O) groups is 1. The highest BCUT2D eigenvalue weighted by atomic mass is 19.2. The fourth-order valence-electron chi connectivity index (χ4n) is 0.886. The maximum atomic E-state index is 12.7. The average molecular weight is 181 g/mol. The summed E-state index contributed by atoms with van der Waals surface area (Å²) in [7, 11) is 5.13. The largest absolute Gasteiger partial charge is 0.326 e. The smallest absolute Gasteiger partial charge is 0.221 e. The Balaban J connectivity index is 3.06. The quantitative estimate of drug-likeness (QED) is 0.635. The van der Waals surface area contributed by atoms with Gasteiger partial charge in [0, 0.05) is 18.7 Å². The molecule has 0 saturated heterocycles. The third-order valence-electron chi connectivity index (χ3n) is 1.38. The standard InChI is InChI=1S/C8H6BF2NO/c1-4(13)12-5-2-6(9)8(11)7(10)3-5/h2-3H,1H3,(H,12,13). The normalized spacial score (nSPS) is 9.77. The molecule has 0 bridgehead atoms. The Labute approximate surface area is 75.4 Å². The van der Waals surface area contributed by atoms with Crippen LogP contribution < -0.4 is 10.8 Å². The van der Waals surface area contributed by atoms with Gasteiger partial charge in [-0.2, -0.15) is 0 Å². The van der Waals surface area contributed by atoms with Crippen LogP contribution in [0.2, 0.25) is 0 Å². The van der Waals surface area contributed by atoms with Crippen LogP contribution in [0, 0.1) is 11.6 Å². The first-order valence-electron chi connectivity index (χ1n) is 3.53. The summed E-state index contributed by atoms with van der Waals surface area (Å²) >= 11 is 0. The van der Waals surface area contributed by atoms with Gasteiger partial charge in [-0.15, -0.1) is 0 Å². The van der Waals surface area contributed by atoms with E-state index in [0.29, 0.717) is 0 Å². The molecule has 0 spiro atoms. The van der Waals surface area contributed by atoms with Gasteiger partial charge in [0.2, 0.25) is 5.91 Å². The van der Waals surface area contributed by atoms with Crippen molar-refractivity contribution in [1.82, 2.24) is 0 Å². The molecule has 66 valence electrons. The molecule has 0 aromatic heterocycles. The molecule has 1 aromatic carbocycles.